The lowest BCUT2D eigenvalue weighted by Gasteiger charge is -2.12. The predicted molar refractivity (Wildman–Crippen MR) is 133 cm³/mol. The van der Waals surface area contributed by atoms with E-state index >= 15 is 0 Å². The van der Waals surface area contributed by atoms with Crippen molar-refractivity contribution in [1.29, 1.82) is 0 Å². The molecule has 6 nitrogen and oxygen atoms in total. The molecule has 0 aliphatic carbocycles. The van der Waals surface area contributed by atoms with Crippen molar-refractivity contribution >= 4 is 34.5 Å². The van der Waals surface area contributed by atoms with Crippen molar-refractivity contribution < 1.29 is 14.3 Å². The Morgan fingerprint density at radius 3 is 2.45 bits per heavy atom. The molecule has 0 aliphatic rings. The van der Waals surface area contributed by atoms with Crippen LogP contribution in [0.25, 0.3) is 0 Å². The monoisotopic (exact) mass is 459 g/mol. The Morgan fingerprint density at radius 1 is 0.909 bits per heavy atom. The Kier molecular flexibility index (Phi) is 6.60. The van der Waals surface area contributed by atoms with Gasteiger partial charge in [-0.15, -0.1) is 11.3 Å². The average Bonchev–Trinajstić information content (AvgIpc) is 3.43. The number of ether oxygens (including phenoxy) is 1. The smallest absolute Gasteiger partial charge is 0.257 e. The van der Waals surface area contributed by atoms with Gasteiger partial charge < -0.3 is 19.9 Å². The van der Waals surface area contributed by atoms with Crippen LogP contribution in [0.5, 0.6) is 5.75 Å². The Morgan fingerprint density at radius 2 is 1.70 bits per heavy atom. The Bertz CT molecular complexity index is 1290. The summed E-state index contributed by atoms with van der Waals surface area (Å²) in [4.78, 5) is 27.3. The van der Waals surface area contributed by atoms with Gasteiger partial charge in [0.1, 0.15) is 5.75 Å². The molecule has 0 radical (unpaired) electrons. The average molecular weight is 460 g/mol. The molecule has 0 unspecified atom stereocenters. The molecule has 0 saturated heterocycles. The highest BCUT2D eigenvalue weighted by Gasteiger charge is 2.19. The second kappa shape index (κ2) is 9.75. The van der Waals surface area contributed by atoms with Gasteiger partial charge in [-0.05, 0) is 55.6 Å². The third-order valence-corrected chi connectivity index (χ3v) is 6.32. The van der Waals surface area contributed by atoms with E-state index in [0.717, 1.165) is 17.9 Å². The topological polar surface area (TPSA) is 72.4 Å². The fraction of sp³-hybridized carbons (Fsp3) is 0.154. The number of anilines is 2. The van der Waals surface area contributed by atoms with Crippen molar-refractivity contribution in [2.24, 2.45) is 0 Å². The summed E-state index contributed by atoms with van der Waals surface area (Å²) in [7, 11) is 1.57. The molecule has 2 heterocycles. The molecule has 0 fully saturated rings. The molecule has 0 bridgehead atoms. The highest BCUT2D eigenvalue weighted by atomic mass is 32.1. The molecule has 7 heteroatoms. The third-order valence-electron chi connectivity index (χ3n) is 5.46. The lowest BCUT2D eigenvalue weighted by Crippen LogP contribution is -2.18. The van der Waals surface area contributed by atoms with Gasteiger partial charge in [0.25, 0.3) is 11.8 Å². The van der Waals surface area contributed by atoms with Gasteiger partial charge in [-0.3, -0.25) is 9.59 Å². The lowest BCUT2D eigenvalue weighted by atomic mass is 10.1. The number of amides is 2. The predicted octanol–water partition coefficient (Wildman–Crippen LogP) is 5.73. The number of thiophene rings is 1. The first kappa shape index (κ1) is 22.4. The van der Waals surface area contributed by atoms with E-state index in [9.17, 15) is 9.59 Å². The van der Waals surface area contributed by atoms with E-state index in [1.165, 1.54) is 4.88 Å². The molecule has 0 saturated carbocycles. The van der Waals surface area contributed by atoms with Gasteiger partial charge in [0, 0.05) is 28.0 Å². The summed E-state index contributed by atoms with van der Waals surface area (Å²) >= 11 is 1.69. The van der Waals surface area contributed by atoms with Crippen LogP contribution in [0.1, 0.15) is 37.0 Å². The van der Waals surface area contributed by atoms with E-state index in [2.05, 4.69) is 21.3 Å². The number of nitrogens with one attached hydrogen (secondary N) is 2. The van der Waals surface area contributed by atoms with Crippen LogP contribution < -0.4 is 15.4 Å². The van der Waals surface area contributed by atoms with Crippen LogP contribution in [-0.2, 0) is 6.54 Å². The summed E-state index contributed by atoms with van der Waals surface area (Å²) in [5.74, 6) is 0.0803. The van der Waals surface area contributed by atoms with Gasteiger partial charge in [0.05, 0.1) is 30.5 Å². The minimum Gasteiger partial charge on any atom is -0.497 e. The van der Waals surface area contributed by atoms with E-state index in [1.807, 2.05) is 31.4 Å². The zero-order valence-corrected chi connectivity index (χ0v) is 19.5. The number of carbonyl (C=O) groups is 2. The van der Waals surface area contributed by atoms with Crippen molar-refractivity contribution in [2.75, 3.05) is 17.7 Å². The van der Waals surface area contributed by atoms with Crippen LogP contribution in [0.2, 0.25) is 0 Å². The Labute approximate surface area is 196 Å². The van der Waals surface area contributed by atoms with Crippen LogP contribution in [0.15, 0.2) is 72.1 Å². The minimum atomic E-state index is -0.317. The standard InChI is InChI=1S/C26H25N3O3S/c1-17-14-23(18(2)29(17)16-21-10-7-13-33-21)26(31)28-24-12-5-4-11-22(24)25(30)27-19-8-6-9-20(15-19)32-3/h4-15H,16H2,1-3H3,(H,27,30)(H,28,31). The van der Waals surface area contributed by atoms with Crippen LogP contribution >= 0.6 is 11.3 Å². The van der Waals surface area contributed by atoms with Crippen molar-refractivity contribution in [1.82, 2.24) is 4.57 Å². The maximum Gasteiger partial charge on any atom is 0.257 e. The van der Waals surface area contributed by atoms with E-state index < -0.39 is 0 Å². The number of hydrogen-bond acceptors (Lipinski definition) is 4. The summed E-state index contributed by atoms with van der Waals surface area (Å²) in [6, 6.07) is 20.1. The number of carbonyl (C=O) groups excluding carboxylic acids is 2. The van der Waals surface area contributed by atoms with E-state index in [1.54, 1.807) is 67.0 Å². The third kappa shape index (κ3) is 4.99. The summed E-state index contributed by atoms with van der Waals surface area (Å²) < 4.78 is 7.34. The summed E-state index contributed by atoms with van der Waals surface area (Å²) in [6.07, 6.45) is 0. The van der Waals surface area contributed by atoms with Crippen LogP contribution in [0, 0.1) is 13.8 Å². The summed E-state index contributed by atoms with van der Waals surface area (Å²) in [5, 5.41) is 7.83. The number of hydrogen-bond donors (Lipinski definition) is 2. The van der Waals surface area contributed by atoms with E-state index in [-0.39, 0.29) is 11.8 Å². The first-order valence-corrected chi connectivity index (χ1v) is 11.4. The molecule has 4 rings (SSSR count). The van der Waals surface area contributed by atoms with Crippen LogP contribution in [-0.4, -0.2) is 23.5 Å². The molecule has 2 amide bonds. The summed E-state index contributed by atoms with van der Waals surface area (Å²) in [5.41, 5.74) is 3.92. The molecule has 4 aromatic rings. The number of benzene rings is 2. The molecule has 0 aliphatic heterocycles. The van der Waals surface area contributed by atoms with Crippen LogP contribution in [0.4, 0.5) is 11.4 Å². The van der Waals surface area contributed by atoms with Gasteiger partial charge >= 0.3 is 0 Å². The van der Waals surface area contributed by atoms with Gasteiger partial charge in [-0.25, -0.2) is 0 Å². The summed E-state index contributed by atoms with van der Waals surface area (Å²) in [6.45, 7) is 4.66. The normalized spacial score (nSPS) is 10.6. The second-order valence-electron chi connectivity index (χ2n) is 7.64. The Balaban J connectivity index is 1.54. The molecule has 2 N–H and O–H groups in total. The second-order valence-corrected chi connectivity index (χ2v) is 8.67. The molecule has 33 heavy (non-hydrogen) atoms. The van der Waals surface area contributed by atoms with E-state index in [0.29, 0.717) is 28.3 Å². The van der Waals surface area contributed by atoms with Crippen molar-refractivity contribution in [3.63, 3.8) is 0 Å². The number of nitrogens with zero attached hydrogens (tertiary/aromatic N) is 1. The molecule has 2 aromatic carbocycles. The fourth-order valence-corrected chi connectivity index (χ4v) is 4.40. The maximum atomic E-state index is 13.1. The quantitative estimate of drug-likeness (QED) is 0.371. The zero-order valence-electron chi connectivity index (χ0n) is 18.7. The van der Waals surface area contributed by atoms with Crippen molar-refractivity contribution in [3.05, 3.63) is 99.5 Å². The molecule has 0 spiro atoms. The van der Waals surface area contributed by atoms with Crippen LogP contribution in [0.3, 0.4) is 0 Å². The van der Waals surface area contributed by atoms with Gasteiger partial charge in [-0.2, -0.15) is 0 Å². The van der Waals surface area contributed by atoms with Gasteiger partial charge in [0.15, 0.2) is 0 Å². The van der Waals surface area contributed by atoms with E-state index in [4.69, 9.17) is 4.74 Å². The number of aryl methyl sites for hydroxylation is 1. The van der Waals surface area contributed by atoms with Gasteiger partial charge in [-0.1, -0.05) is 24.3 Å². The molecule has 168 valence electrons. The molecule has 0 atom stereocenters. The molecule has 2 aromatic heterocycles. The molecular weight excluding hydrogens is 434 g/mol. The minimum absolute atomic E-state index is 0.248. The Hall–Kier alpha value is -3.84. The lowest BCUT2D eigenvalue weighted by molar-refractivity contribution is 0.102. The maximum absolute atomic E-state index is 13.1. The van der Waals surface area contributed by atoms with Gasteiger partial charge in [0.2, 0.25) is 0 Å². The first-order chi connectivity index (χ1) is 16.0. The number of aromatic nitrogens is 1. The zero-order chi connectivity index (χ0) is 23.4. The number of rotatable bonds is 7. The highest BCUT2D eigenvalue weighted by molar-refractivity contribution is 7.09. The number of para-hydroxylation sites is 1. The van der Waals surface area contributed by atoms with Crippen molar-refractivity contribution in [2.45, 2.75) is 20.4 Å². The largest absolute Gasteiger partial charge is 0.497 e. The molecular formula is C26H25N3O3S. The number of methoxy groups -OCH3 is 1. The SMILES string of the molecule is COc1cccc(NC(=O)c2ccccc2NC(=O)c2cc(C)n(Cc3cccs3)c2C)c1. The fourth-order valence-electron chi connectivity index (χ4n) is 3.71. The van der Waals surface area contributed by atoms with Crippen molar-refractivity contribution in [3.8, 4) is 5.75 Å². The first-order valence-electron chi connectivity index (χ1n) is 10.5. The highest BCUT2D eigenvalue weighted by Crippen LogP contribution is 2.23.